The molecule has 0 radical (unpaired) electrons. The molecule has 1 atom stereocenters. The Labute approximate surface area is 106 Å². The number of nitrogens with one attached hydrogen (secondary N) is 1. The molecular weight excluding hydrogens is 228 g/mol. The molecule has 1 aromatic carbocycles. The molecule has 0 saturated carbocycles. The van der Waals surface area contributed by atoms with Crippen LogP contribution in [0, 0.1) is 12.3 Å². The molecule has 3 heteroatoms. The lowest BCUT2D eigenvalue weighted by Crippen LogP contribution is -2.19. The molecule has 0 saturated heterocycles. The number of aromatic nitrogens is 1. The number of unbranched alkanes of at least 4 members (excludes halogenated alkanes) is 1. The van der Waals surface area contributed by atoms with Crippen LogP contribution in [0.25, 0.3) is 10.2 Å². The van der Waals surface area contributed by atoms with Crippen molar-refractivity contribution in [1.82, 2.24) is 10.3 Å². The molecule has 0 amide bonds. The van der Waals surface area contributed by atoms with Gasteiger partial charge < -0.3 is 5.32 Å². The third kappa shape index (κ3) is 3.06. The van der Waals surface area contributed by atoms with Crippen molar-refractivity contribution in [2.75, 3.05) is 6.54 Å². The molecule has 1 aromatic heterocycles. The number of benzene rings is 1. The summed E-state index contributed by atoms with van der Waals surface area (Å²) >= 11 is 1.76. The Hall–Kier alpha value is -1.37. The van der Waals surface area contributed by atoms with E-state index in [1.54, 1.807) is 11.3 Å². The van der Waals surface area contributed by atoms with Crippen molar-refractivity contribution in [2.45, 2.75) is 25.8 Å². The minimum atomic E-state index is 0.296. The van der Waals surface area contributed by atoms with Gasteiger partial charge in [0, 0.05) is 6.42 Å². The Bertz CT molecular complexity index is 491. The molecule has 1 N–H and O–H groups in total. The second kappa shape index (κ2) is 5.81. The van der Waals surface area contributed by atoms with E-state index in [0.717, 1.165) is 29.9 Å². The molecule has 2 rings (SSSR count). The number of rotatable bonds is 5. The van der Waals surface area contributed by atoms with Gasteiger partial charge in [-0.05, 0) is 32.0 Å². The molecule has 0 aliphatic rings. The van der Waals surface area contributed by atoms with Crippen LogP contribution in [0.2, 0.25) is 0 Å². The topological polar surface area (TPSA) is 24.9 Å². The van der Waals surface area contributed by atoms with Crippen LogP contribution in [-0.2, 0) is 0 Å². The Morgan fingerprint density at radius 3 is 3.06 bits per heavy atom. The summed E-state index contributed by atoms with van der Waals surface area (Å²) in [6, 6.07) is 8.54. The van der Waals surface area contributed by atoms with Crippen molar-refractivity contribution in [1.29, 1.82) is 0 Å². The number of fused-ring (bicyclic) bond motifs is 1. The third-order valence-electron chi connectivity index (χ3n) is 2.63. The van der Waals surface area contributed by atoms with Gasteiger partial charge in [-0.1, -0.05) is 12.1 Å². The zero-order chi connectivity index (χ0) is 12.1. The van der Waals surface area contributed by atoms with Gasteiger partial charge in [0.1, 0.15) is 5.01 Å². The van der Waals surface area contributed by atoms with E-state index in [4.69, 9.17) is 6.42 Å². The number of para-hydroxylation sites is 1. The summed E-state index contributed by atoms with van der Waals surface area (Å²) in [4.78, 5) is 4.63. The van der Waals surface area contributed by atoms with Gasteiger partial charge in [0.05, 0.1) is 16.3 Å². The van der Waals surface area contributed by atoms with Crippen LogP contribution in [0.15, 0.2) is 24.3 Å². The highest BCUT2D eigenvalue weighted by Gasteiger charge is 2.09. The van der Waals surface area contributed by atoms with E-state index in [2.05, 4.69) is 41.3 Å². The second-order valence-corrected chi connectivity index (χ2v) is 5.07. The second-order valence-electron chi connectivity index (χ2n) is 4.00. The normalized spacial score (nSPS) is 12.5. The molecule has 1 heterocycles. The first-order valence-corrected chi connectivity index (χ1v) is 6.65. The van der Waals surface area contributed by atoms with E-state index in [0.29, 0.717) is 6.04 Å². The molecular formula is C14H16N2S. The highest BCUT2D eigenvalue weighted by Crippen LogP contribution is 2.25. The zero-order valence-electron chi connectivity index (χ0n) is 9.94. The number of terminal acetylenes is 1. The number of nitrogens with zero attached hydrogens (tertiary/aromatic N) is 1. The monoisotopic (exact) mass is 244 g/mol. The van der Waals surface area contributed by atoms with E-state index >= 15 is 0 Å². The molecule has 0 bridgehead atoms. The van der Waals surface area contributed by atoms with Crippen molar-refractivity contribution in [3.63, 3.8) is 0 Å². The van der Waals surface area contributed by atoms with Crippen molar-refractivity contribution < 1.29 is 0 Å². The highest BCUT2D eigenvalue weighted by atomic mass is 32.1. The van der Waals surface area contributed by atoms with Gasteiger partial charge in [-0.2, -0.15) is 0 Å². The predicted molar refractivity (Wildman–Crippen MR) is 74.1 cm³/mol. The van der Waals surface area contributed by atoms with Gasteiger partial charge in [0.25, 0.3) is 0 Å². The quantitative estimate of drug-likeness (QED) is 0.644. The summed E-state index contributed by atoms with van der Waals surface area (Å²) in [5.41, 5.74) is 1.09. The van der Waals surface area contributed by atoms with Crippen molar-refractivity contribution in [2.24, 2.45) is 0 Å². The van der Waals surface area contributed by atoms with Gasteiger partial charge in [-0.15, -0.1) is 23.7 Å². The summed E-state index contributed by atoms with van der Waals surface area (Å²) < 4.78 is 1.25. The first kappa shape index (κ1) is 12.1. The summed E-state index contributed by atoms with van der Waals surface area (Å²) in [6.07, 6.45) is 7.07. The minimum Gasteiger partial charge on any atom is -0.308 e. The maximum Gasteiger partial charge on any atom is 0.111 e. The smallest absolute Gasteiger partial charge is 0.111 e. The Morgan fingerprint density at radius 2 is 2.29 bits per heavy atom. The molecule has 88 valence electrons. The Kier molecular flexibility index (Phi) is 4.13. The largest absolute Gasteiger partial charge is 0.308 e. The molecule has 2 aromatic rings. The maximum atomic E-state index is 5.22. The van der Waals surface area contributed by atoms with Crippen LogP contribution in [0.5, 0.6) is 0 Å². The van der Waals surface area contributed by atoms with Crippen molar-refractivity contribution in [3.05, 3.63) is 29.3 Å². The van der Waals surface area contributed by atoms with Crippen LogP contribution in [-0.4, -0.2) is 11.5 Å². The number of thiazole rings is 1. The summed E-state index contributed by atoms with van der Waals surface area (Å²) in [7, 11) is 0. The lowest BCUT2D eigenvalue weighted by molar-refractivity contribution is 0.561. The molecule has 1 unspecified atom stereocenters. The zero-order valence-corrected chi connectivity index (χ0v) is 10.8. The Morgan fingerprint density at radius 1 is 1.47 bits per heavy atom. The molecule has 0 spiro atoms. The van der Waals surface area contributed by atoms with Gasteiger partial charge in [-0.3, -0.25) is 0 Å². The molecule has 17 heavy (non-hydrogen) atoms. The standard InChI is InChI=1S/C14H16N2S/c1-3-4-7-10-15-11(2)14-16-12-8-5-6-9-13(12)17-14/h1,5-6,8-9,11,15H,4,7,10H2,2H3. The van der Waals surface area contributed by atoms with Crippen molar-refractivity contribution >= 4 is 21.6 Å². The molecule has 0 aliphatic carbocycles. The van der Waals surface area contributed by atoms with Gasteiger partial charge in [0.15, 0.2) is 0 Å². The van der Waals surface area contributed by atoms with Crippen LogP contribution in [0.3, 0.4) is 0 Å². The van der Waals surface area contributed by atoms with E-state index in [-0.39, 0.29) is 0 Å². The third-order valence-corrected chi connectivity index (χ3v) is 3.85. The van der Waals surface area contributed by atoms with Crippen molar-refractivity contribution in [3.8, 4) is 12.3 Å². The van der Waals surface area contributed by atoms with E-state index in [1.165, 1.54) is 4.70 Å². The minimum absolute atomic E-state index is 0.296. The number of hydrogen-bond donors (Lipinski definition) is 1. The first-order chi connectivity index (χ1) is 8.31. The first-order valence-electron chi connectivity index (χ1n) is 5.83. The fraction of sp³-hybridized carbons (Fsp3) is 0.357. The van der Waals surface area contributed by atoms with Gasteiger partial charge in [0.2, 0.25) is 0 Å². The highest BCUT2D eigenvalue weighted by molar-refractivity contribution is 7.18. The maximum absolute atomic E-state index is 5.22. The van der Waals surface area contributed by atoms with Crippen LogP contribution in [0.1, 0.15) is 30.8 Å². The van der Waals surface area contributed by atoms with E-state index in [1.807, 2.05) is 6.07 Å². The van der Waals surface area contributed by atoms with Crippen LogP contribution >= 0.6 is 11.3 Å². The SMILES string of the molecule is C#CCCCNC(C)c1nc2ccccc2s1. The van der Waals surface area contributed by atoms with E-state index < -0.39 is 0 Å². The average molecular weight is 244 g/mol. The van der Waals surface area contributed by atoms with Gasteiger partial charge in [-0.25, -0.2) is 4.98 Å². The summed E-state index contributed by atoms with van der Waals surface area (Å²) in [5.74, 6) is 2.65. The molecule has 0 aliphatic heterocycles. The molecule has 0 fully saturated rings. The van der Waals surface area contributed by atoms with Crippen LogP contribution < -0.4 is 5.32 Å². The van der Waals surface area contributed by atoms with Crippen LogP contribution in [0.4, 0.5) is 0 Å². The lowest BCUT2D eigenvalue weighted by Gasteiger charge is -2.09. The predicted octanol–water partition coefficient (Wildman–Crippen LogP) is 3.36. The van der Waals surface area contributed by atoms with Gasteiger partial charge >= 0.3 is 0 Å². The van der Waals surface area contributed by atoms with E-state index in [9.17, 15) is 0 Å². The summed E-state index contributed by atoms with van der Waals surface area (Å²) in [5, 5.41) is 4.59. The number of hydrogen-bond acceptors (Lipinski definition) is 3. The summed E-state index contributed by atoms with van der Waals surface area (Å²) in [6.45, 7) is 3.09. The molecule has 2 nitrogen and oxygen atoms in total. The lowest BCUT2D eigenvalue weighted by atomic mass is 10.3. The fourth-order valence-electron chi connectivity index (χ4n) is 1.67. The average Bonchev–Trinajstić information content (AvgIpc) is 2.78. The fourth-order valence-corrected chi connectivity index (χ4v) is 2.67. The Balaban J connectivity index is 1.99.